The second kappa shape index (κ2) is 2.01. The Morgan fingerprint density at radius 3 is 2.12 bits per heavy atom. The van der Waals surface area contributed by atoms with E-state index in [0.29, 0.717) is 13.2 Å². The van der Waals surface area contributed by atoms with E-state index in [1.807, 2.05) is 0 Å². The molecule has 0 unspecified atom stereocenters. The minimum Gasteiger partial charge on any atom is -0.344 e. The monoisotopic (exact) mass is 118 g/mol. The zero-order valence-corrected chi connectivity index (χ0v) is 4.89. The van der Waals surface area contributed by atoms with Crippen molar-refractivity contribution in [2.24, 2.45) is 0 Å². The highest BCUT2D eigenvalue weighted by molar-refractivity contribution is 4.49. The summed E-state index contributed by atoms with van der Waals surface area (Å²) in [6.45, 7) is 2.67. The standard InChI is InChI=1S/C5H10O3/c1-5(6)7-3-2-4-8-5/h6H,2-4H2,1H3. The first-order valence-corrected chi connectivity index (χ1v) is 2.71. The maximum Gasteiger partial charge on any atom is 0.277 e. The van der Waals surface area contributed by atoms with Gasteiger partial charge in [-0.25, -0.2) is 0 Å². The number of hydrogen-bond donors (Lipinski definition) is 1. The van der Waals surface area contributed by atoms with Crippen molar-refractivity contribution in [1.29, 1.82) is 0 Å². The van der Waals surface area contributed by atoms with Crippen LogP contribution in [-0.2, 0) is 9.47 Å². The van der Waals surface area contributed by atoms with Gasteiger partial charge < -0.3 is 14.6 Å². The lowest BCUT2D eigenvalue weighted by Gasteiger charge is -2.27. The van der Waals surface area contributed by atoms with Crippen molar-refractivity contribution in [1.82, 2.24) is 0 Å². The highest BCUT2D eigenvalue weighted by Crippen LogP contribution is 2.12. The van der Waals surface area contributed by atoms with Crippen molar-refractivity contribution in [2.75, 3.05) is 13.2 Å². The van der Waals surface area contributed by atoms with Crippen LogP contribution in [0, 0.1) is 0 Å². The first kappa shape index (κ1) is 6.01. The van der Waals surface area contributed by atoms with Crippen LogP contribution in [0.25, 0.3) is 0 Å². The lowest BCUT2D eigenvalue weighted by atomic mass is 10.4. The van der Waals surface area contributed by atoms with Crippen LogP contribution in [-0.4, -0.2) is 24.3 Å². The molecule has 3 nitrogen and oxygen atoms in total. The van der Waals surface area contributed by atoms with E-state index in [0.717, 1.165) is 6.42 Å². The van der Waals surface area contributed by atoms with E-state index in [4.69, 9.17) is 14.6 Å². The van der Waals surface area contributed by atoms with Crippen molar-refractivity contribution in [3.05, 3.63) is 0 Å². The fraction of sp³-hybridized carbons (Fsp3) is 1.00. The van der Waals surface area contributed by atoms with Crippen LogP contribution < -0.4 is 0 Å². The fourth-order valence-electron chi connectivity index (χ4n) is 0.624. The Hall–Kier alpha value is -0.120. The molecule has 0 aromatic carbocycles. The van der Waals surface area contributed by atoms with Crippen molar-refractivity contribution >= 4 is 0 Å². The van der Waals surface area contributed by atoms with Crippen LogP contribution in [0.4, 0.5) is 0 Å². The third-order valence-electron chi connectivity index (χ3n) is 1.03. The van der Waals surface area contributed by atoms with Crippen molar-refractivity contribution < 1.29 is 14.6 Å². The molecule has 1 aliphatic rings. The number of ether oxygens (including phenoxy) is 2. The van der Waals surface area contributed by atoms with Crippen LogP contribution in [0.5, 0.6) is 0 Å². The fourth-order valence-corrected chi connectivity index (χ4v) is 0.624. The molecular weight excluding hydrogens is 108 g/mol. The van der Waals surface area contributed by atoms with E-state index >= 15 is 0 Å². The molecule has 1 heterocycles. The first-order valence-electron chi connectivity index (χ1n) is 2.71. The summed E-state index contributed by atoms with van der Waals surface area (Å²) < 4.78 is 9.60. The van der Waals surface area contributed by atoms with Gasteiger partial charge in [0.2, 0.25) is 0 Å². The van der Waals surface area contributed by atoms with E-state index in [-0.39, 0.29) is 0 Å². The van der Waals surface area contributed by atoms with Gasteiger partial charge in [0, 0.05) is 6.92 Å². The van der Waals surface area contributed by atoms with Crippen LogP contribution in [0.2, 0.25) is 0 Å². The van der Waals surface area contributed by atoms with Crippen LogP contribution in [0.15, 0.2) is 0 Å². The minimum absolute atomic E-state index is 0.590. The molecule has 1 N–H and O–H groups in total. The SMILES string of the molecule is CC1(O)OCCCO1. The molecule has 1 saturated heterocycles. The average Bonchev–Trinajstić information content (AvgIpc) is 1.65. The van der Waals surface area contributed by atoms with Crippen molar-refractivity contribution in [2.45, 2.75) is 19.3 Å². The number of aliphatic hydroxyl groups is 1. The molecule has 0 radical (unpaired) electrons. The molecule has 0 saturated carbocycles. The predicted molar refractivity (Wildman–Crippen MR) is 27.1 cm³/mol. The van der Waals surface area contributed by atoms with Crippen LogP contribution in [0.1, 0.15) is 13.3 Å². The summed E-state index contributed by atoms with van der Waals surface area (Å²) in [5.74, 6) is -1.32. The molecule has 48 valence electrons. The summed E-state index contributed by atoms with van der Waals surface area (Å²) >= 11 is 0. The Morgan fingerprint density at radius 1 is 1.38 bits per heavy atom. The molecule has 1 fully saturated rings. The Balaban J connectivity index is 2.33. The zero-order chi connectivity index (χ0) is 6.04. The number of hydrogen-bond acceptors (Lipinski definition) is 3. The molecular formula is C5H10O3. The third-order valence-corrected chi connectivity index (χ3v) is 1.03. The van der Waals surface area contributed by atoms with Crippen molar-refractivity contribution in [3.8, 4) is 0 Å². The molecule has 0 atom stereocenters. The molecule has 1 aliphatic heterocycles. The van der Waals surface area contributed by atoms with E-state index in [9.17, 15) is 0 Å². The molecule has 0 aromatic rings. The lowest BCUT2D eigenvalue weighted by molar-refractivity contribution is -0.369. The largest absolute Gasteiger partial charge is 0.344 e. The summed E-state index contributed by atoms with van der Waals surface area (Å²) in [7, 11) is 0. The minimum atomic E-state index is -1.32. The highest BCUT2D eigenvalue weighted by Gasteiger charge is 2.24. The van der Waals surface area contributed by atoms with Gasteiger partial charge in [0.15, 0.2) is 0 Å². The quantitative estimate of drug-likeness (QED) is 0.490. The third kappa shape index (κ3) is 1.43. The summed E-state index contributed by atoms with van der Waals surface area (Å²) in [4.78, 5) is 0. The van der Waals surface area contributed by atoms with Gasteiger partial charge >= 0.3 is 0 Å². The normalized spacial score (nSPS) is 27.8. The molecule has 3 heteroatoms. The van der Waals surface area contributed by atoms with Crippen molar-refractivity contribution in [3.63, 3.8) is 0 Å². The van der Waals surface area contributed by atoms with Gasteiger partial charge in [0.25, 0.3) is 5.97 Å². The van der Waals surface area contributed by atoms with E-state index in [1.165, 1.54) is 6.92 Å². The van der Waals surface area contributed by atoms with Gasteiger partial charge in [0.1, 0.15) is 0 Å². The lowest BCUT2D eigenvalue weighted by Crippen LogP contribution is -2.36. The van der Waals surface area contributed by atoms with Gasteiger partial charge in [-0.1, -0.05) is 0 Å². The molecule has 0 aromatic heterocycles. The van der Waals surface area contributed by atoms with Crippen LogP contribution in [0.3, 0.4) is 0 Å². The number of rotatable bonds is 0. The van der Waals surface area contributed by atoms with E-state index < -0.39 is 5.97 Å². The maximum atomic E-state index is 8.93. The molecule has 8 heavy (non-hydrogen) atoms. The van der Waals surface area contributed by atoms with Gasteiger partial charge in [-0.3, -0.25) is 0 Å². The topological polar surface area (TPSA) is 38.7 Å². The summed E-state index contributed by atoms with van der Waals surface area (Å²) in [6, 6.07) is 0. The Kier molecular flexibility index (Phi) is 1.51. The molecule has 0 aliphatic carbocycles. The van der Waals surface area contributed by atoms with E-state index in [2.05, 4.69) is 0 Å². The summed E-state index contributed by atoms with van der Waals surface area (Å²) in [5, 5.41) is 8.93. The smallest absolute Gasteiger partial charge is 0.277 e. The average molecular weight is 118 g/mol. The maximum absolute atomic E-state index is 8.93. The zero-order valence-electron chi connectivity index (χ0n) is 4.89. The first-order chi connectivity index (χ1) is 3.71. The van der Waals surface area contributed by atoms with E-state index in [1.54, 1.807) is 0 Å². The predicted octanol–water partition coefficient (Wildman–Crippen LogP) is 0.0893. The van der Waals surface area contributed by atoms with Gasteiger partial charge in [-0.15, -0.1) is 0 Å². The summed E-state index contributed by atoms with van der Waals surface area (Å²) in [5.41, 5.74) is 0. The highest BCUT2D eigenvalue weighted by atomic mass is 16.8. The van der Waals surface area contributed by atoms with Crippen LogP contribution >= 0.6 is 0 Å². The Morgan fingerprint density at radius 2 is 1.88 bits per heavy atom. The van der Waals surface area contributed by atoms with Gasteiger partial charge in [-0.05, 0) is 6.42 Å². The second-order valence-corrected chi connectivity index (χ2v) is 1.95. The Labute approximate surface area is 48.2 Å². The second-order valence-electron chi connectivity index (χ2n) is 1.95. The van der Waals surface area contributed by atoms with Gasteiger partial charge in [0.05, 0.1) is 13.2 Å². The molecule has 1 rings (SSSR count). The molecule has 0 spiro atoms. The summed E-state index contributed by atoms with van der Waals surface area (Å²) in [6.07, 6.45) is 0.871. The van der Waals surface area contributed by atoms with Gasteiger partial charge in [-0.2, -0.15) is 0 Å². The Bertz CT molecular complexity index is 71.7. The molecule has 0 bridgehead atoms. The molecule has 0 amide bonds.